The Hall–Kier alpha value is -3.83. The van der Waals surface area contributed by atoms with Crippen molar-refractivity contribution in [2.75, 3.05) is 5.43 Å². The average molecular weight is 464 g/mol. The molecule has 174 valence electrons. The van der Waals surface area contributed by atoms with E-state index in [0.29, 0.717) is 22.6 Å². The number of hydrogen-bond donors (Lipinski definition) is 2. The van der Waals surface area contributed by atoms with Crippen LogP contribution in [0.1, 0.15) is 30.9 Å². The van der Waals surface area contributed by atoms with Crippen LogP contribution in [-0.4, -0.2) is 21.3 Å². The molecule has 2 N–H and O–H groups in total. The molecule has 0 saturated heterocycles. The van der Waals surface area contributed by atoms with E-state index in [1.54, 1.807) is 18.2 Å². The zero-order chi connectivity index (χ0) is 24.5. The number of hydrogen-bond acceptors (Lipinski definition) is 4. The van der Waals surface area contributed by atoms with Crippen LogP contribution in [0.2, 0.25) is 0 Å². The summed E-state index contributed by atoms with van der Waals surface area (Å²) in [7, 11) is 0. The van der Waals surface area contributed by atoms with Crippen molar-refractivity contribution in [1.82, 2.24) is 15.0 Å². The summed E-state index contributed by atoms with van der Waals surface area (Å²) < 4.78 is 41.5. The molecule has 0 amide bonds. The predicted molar refractivity (Wildman–Crippen MR) is 129 cm³/mol. The Balaban J connectivity index is 1.76. The van der Waals surface area contributed by atoms with Crippen molar-refractivity contribution in [2.45, 2.75) is 38.4 Å². The lowest BCUT2D eigenvalue weighted by molar-refractivity contribution is -0.164. The van der Waals surface area contributed by atoms with E-state index in [2.05, 4.69) is 28.5 Å². The number of rotatable bonds is 7. The number of anilines is 1. The van der Waals surface area contributed by atoms with Crippen molar-refractivity contribution in [3.8, 4) is 17.5 Å². The van der Waals surface area contributed by atoms with Crippen LogP contribution in [0.25, 0.3) is 28.0 Å². The molecule has 2 aromatic heterocycles. The van der Waals surface area contributed by atoms with E-state index in [-0.39, 0.29) is 12.8 Å². The van der Waals surface area contributed by atoms with Crippen molar-refractivity contribution >= 4 is 22.3 Å². The van der Waals surface area contributed by atoms with Gasteiger partial charge in [0, 0.05) is 11.1 Å². The minimum absolute atomic E-state index is 0.0337. The van der Waals surface area contributed by atoms with Gasteiger partial charge in [-0.3, -0.25) is 4.98 Å². The fourth-order valence-electron chi connectivity index (χ4n) is 3.87. The maximum atomic E-state index is 13.2. The third-order valence-corrected chi connectivity index (χ3v) is 5.92. The molecule has 1 aromatic carbocycles. The van der Waals surface area contributed by atoms with Crippen LogP contribution in [0.4, 0.5) is 18.9 Å². The molecule has 0 unspecified atom stereocenters. The van der Waals surface area contributed by atoms with Crippen molar-refractivity contribution in [3.63, 3.8) is 0 Å². The van der Waals surface area contributed by atoms with E-state index < -0.39 is 11.7 Å². The maximum Gasteiger partial charge on any atom is 0.408 e. The first-order valence-electron chi connectivity index (χ1n) is 10.8. The third-order valence-electron chi connectivity index (χ3n) is 5.92. The van der Waals surface area contributed by atoms with E-state index >= 15 is 0 Å². The monoisotopic (exact) mass is 463 g/mol. The van der Waals surface area contributed by atoms with Gasteiger partial charge in [0.15, 0.2) is 0 Å². The molecular weight excluding hydrogens is 439 g/mol. The topological polar surface area (TPSA) is 65.7 Å². The molecule has 5 nitrogen and oxygen atoms in total. The van der Waals surface area contributed by atoms with Crippen LogP contribution in [0.5, 0.6) is 0 Å². The van der Waals surface area contributed by atoms with Gasteiger partial charge in [0.05, 0.1) is 34.4 Å². The first kappa shape index (κ1) is 23.3. The predicted octanol–water partition coefficient (Wildman–Crippen LogP) is 6.50. The Morgan fingerprint density at radius 2 is 2.00 bits per heavy atom. The molecule has 3 aromatic rings. The van der Waals surface area contributed by atoms with E-state index in [4.69, 9.17) is 0 Å². The van der Waals surface area contributed by atoms with Gasteiger partial charge in [0.25, 0.3) is 0 Å². The second kappa shape index (κ2) is 8.84. The number of hydrazine groups is 1. The number of nitrogens with zero attached hydrogens (tertiary/aromatic N) is 3. The summed E-state index contributed by atoms with van der Waals surface area (Å²) in [4.78, 5) is 4.48. The molecule has 1 saturated carbocycles. The number of halogens is 3. The van der Waals surface area contributed by atoms with Crippen LogP contribution in [-0.2, 0) is 0 Å². The number of alkyl halides is 3. The van der Waals surface area contributed by atoms with E-state index in [9.17, 15) is 18.4 Å². The Kier molecular flexibility index (Phi) is 6.07. The van der Waals surface area contributed by atoms with Gasteiger partial charge in [-0.2, -0.15) is 18.4 Å². The smallest absolute Gasteiger partial charge is 0.319 e. The molecule has 34 heavy (non-hydrogen) atoms. The summed E-state index contributed by atoms with van der Waals surface area (Å²) in [6.45, 7) is 7.60. The number of nitriles is 1. The molecule has 0 spiro atoms. The standard InChI is InChI=1S/C26H24F3N5/c1-4-5-6-7-18(3)34-23-14-17(2)8-10-20(23)21(15-30)24(34)22-11-9-19(16-31-22)32-33-25(12-13-25)26(27,28)29/h4-11,14,16,32-33H,1,12-13H2,2-3H3/b6-5-,18-7+. The van der Waals surface area contributed by atoms with Crippen molar-refractivity contribution in [1.29, 1.82) is 5.26 Å². The molecule has 1 aliphatic carbocycles. The molecule has 0 radical (unpaired) electrons. The average Bonchev–Trinajstić information content (AvgIpc) is 3.54. The van der Waals surface area contributed by atoms with Gasteiger partial charge in [0.1, 0.15) is 11.6 Å². The largest absolute Gasteiger partial charge is 0.408 e. The normalized spacial score (nSPS) is 15.5. The Bertz CT molecular complexity index is 1330. The number of fused-ring (bicyclic) bond motifs is 1. The number of benzene rings is 1. The molecule has 4 rings (SSSR count). The Morgan fingerprint density at radius 1 is 1.24 bits per heavy atom. The molecule has 8 heteroatoms. The first-order valence-corrected chi connectivity index (χ1v) is 10.8. The summed E-state index contributed by atoms with van der Waals surface area (Å²) in [5.41, 5.74) is 7.98. The number of nitrogens with one attached hydrogen (secondary N) is 2. The number of aryl methyl sites for hydroxylation is 1. The van der Waals surface area contributed by atoms with Crippen molar-refractivity contribution in [3.05, 3.63) is 78.5 Å². The quantitative estimate of drug-likeness (QED) is 0.310. The summed E-state index contributed by atoms with van der Waals surface area (Å²) >= 11 is 0. The van der Waals surface area contributed by atoms with Gasteiger partial charge in [0.2, 0.25) is 0 Å². The van der Waals surface area contributed by atoms with Crippen LogP contribution in [0.3, 0.4) is 0 Å². The van der Waals surface area contributed by atoms with Crippen LogP contribution in [0, 0.1) is 18.3 Å². The molecular formula is C26H24F3N5. The summed E-state index contributed by atoms with van der Waals surface area (Å²) in [6.07, 6.45) is 4.47. The fourth-order valence-corrected chi connectivity index (χ4v) is 3.87. The lowest BCUT2D eigenvalue weighted by atomic mass is 10.1. The summed E-state index contributed by atoms with van der Waals surface area (Å²) in [6, 6.07) is 11.5. The lowest BCUT2D eigenvalue weighted by Gasteiger charge is -2.21. The number of pyridine rings is 1. The lowest BCUT2D eigenvalue weighted by Crippen LogP contribution is -2.47. The second-order valence-corrected chi connectivity index (χ2v) is 8.38. The minimum Gasteiger partial charge on any atom is -0.319 e. The van der Waals surface area contributed by atoms with Crippen LogP contribution in [0.15, 0.2) is 67.4 Å². The van der Waals surface area contributed by atoms with Gasteiger partial charge in [-0.15, -0.1) is 0 Å². The highest BCUT2D eigenvalue weighted by atomic mass is 19.4. The fraction of sp³-hybridized carbons (Fsp3) is 0.231. The molecule has 2 heterocycles. The van der Waals surface area contributed by atoms with Gasteiger partial charge in [-0.05, 0) is 56.5 Å². The highest BCUT2D eigenvalue weighted by Crippen LogP contribution is 2.48. The van der Waals surface area contributed by atoms with Crippen LogP contribution < -0.4 is 10.9 Å². The summed E-state index contributed by atoms with van der Waals surface area (Å²) in [5, 5.41) is 10.8. The van der Waals surface area contributed by atoms with Gasteiger partial charge in [-0.1, -0.05) is 36.9 Å². The van der Waals surface area contributed by atoms with E-state index in [1.165, 1.54) is 6.20 Å². The van der Waals surface area contributed by atoms with Gasteiger partial charge in [-0.25, -0.2) is 5.43 Å². The number of allylic oxidation sites excluding steroid dienone is 5. The molecule has 1 aliphatic rings. The highest BCUT2D eigenvalue weighted by Gasteiger charge is 2.63. The second-order valence-electron chi connectivity index (χ2n) is 8.38. The Labute approximate surface area is 195 Å². The van der Waals surface area contributed by atoms with Crippen LogP contribution >= 0.6 is 0 Å². The highest BCUT2D eigenvalue weighted by molar-refractivity contribution is 5.97. The van der Waals surface area contributed by atoms with Gasteiger partial charge < -0.3 is 9.99 Å². The van der Waals surface area contributed by atoms with E-state index in [0.717, 1.165) is 22.2 Å². The SMILES string of the molecule is C=C/C=C\C=C(/C)n1c(-c2ccc(NNC3(C(F)(F)F)CC3)cn2)c(C#N)c2ccc(C)cc21. The molecule has 0 atom stereocenters. The minimum atomic E-state index is -4.32. The van der Waals surface area contributed by atoms with Gasteiger partial charge >= 0.3 is 6.18 Å². The zero-order valence-electron chi connectivity index (χ0n) is 18.9. The first-order chi connectivity index (χ1) is 16.2. The Morgan fingerprint density at radius 3 is 2.59 bits per heavy atom. The number of aromatic nitrogens is 2. The molecule has 1 fully saturated rings. The van der Waals surface area contributed by atoms with E-state index in [1.807, 2.05) is 54.8 Å². The maximum absolute atomic E-state index is 13.2. The van der Waals surface area contributed by atoms with Crippen molar-refractivity contribution in [2.24, 2.45) is 0 Å². The molecule has 0 aliphatic heterocycles. The zero-order valence-corrected chi connectivity index (χ0v) is 18.9. The third kappa shape index (κ3) is 4.22. The summed E-state index contributed by atoms with van der Waals surface area (Å²) in [5.74, 6) is 0. The van der Waals surface area contributed by atoms with Crippen molar-refractivity contribution < 1.29 is 13.2 Å². The molecule has 0 bridgehead atoms.